The van der Waals surface area contributed by atoms with Crippen LogP contribution in [0.4, 0.5) is 0 Å². The molecule has 0 aliphatic carbocycles. The molecule has 0 saturated heterocycles. The van der Waals surface area contributed by atoms with Crippen molar-refractivity contribution in [3.63, 3.8) is 0 Å². The van der Waals surface area contributed by atoms with Gasteiger partial charge in [0.2, 0.25) is 0 Å². The van der Waals surface area contributed by atoms with Gasteiger partial charge in [-0.3, -0.25) is 0 Å². The number of aromatic carboxylic acids is 1. The molecule has 1 heterocycles. The topological polar surface area (TPSA) is 72.3 Å². The molecule has 0 radical (unpaired) electrons. The van der Waals surface area contributed by atoms with Crippen LogP contribution < -0.4 is 4.74 Å². The van der Waals surface area contributed by atoms with Gasteiger partial charge in [0.1, 0.15) is 11.3 Å². The summed E-state index contributed by atoms with van der Waals surface area (Å²) in [6, 6.07) is 6.82. The fourth-order valence-corrected chi connectivity index (χ4v) is 1.52. The second-order valence-electron chi connectivity index (χ2n) is 3.84. The van der Waals surface area contributed by atoms with Gasteiger partial charge in [-0.05, 0) is 31.5 Å². The zero-order chi connectivity index (χ0) is 13.1. The van der Waals surface area contributed by atoms with Crippen molar-refractivity contribution in [1.82, 2.24) is 9.97 Å². The lowest BCUT2D eigenvalue weighted by Gasteiger charge is -2.09. The summed E-state index contributed by atoms with van der Waals surface area (Å²) in [5.74, 6) is -0.767. The van der Waals surface area contributed by atoms with E-state index in [4.69, 9.17) is 9.84 Å². The molecule has 18 heavy (non-hydrogen) atoms. The number of aryl methyl sites for hydroxylation is 2. The summed E-state index contributed by atoms with van der Waals surface area (Å²) in [6.45, 7) is 3.59. The minimum absolute atomic E-state index is 0.0973. The largest absolute Gasteiger partial charge is 0.478 e. The number of carboxylic acid groups (broad SMARTS) is 1. The van der Waals surface area contributed by atoms with Crippen LogP contribution in [0.3, 0.4) is 0 Å². The Morgan fingerprint density at radius 1 is 1.28 bits per heavy atom. The minimum atomic E-state index is -1.04. The van der Waals surface area contributed by atoms with E-state index < -0.39 is 5.97 Å². The molecule has 0 aliphatic rings. The molecule has 1 aromatic heterocycles. The fourth-order valence-electron chi connectivity index (χ4n) is 1.52. The molecule has 0 fully saturated rings. The van der Waals surface area contributed by atoms with Gasteiger partial charge < -0.3 is 9.84 Å². The second kappa shape index (κ2) is 4.83. The van der Waals surface area contributed by atoms with Gasteiger partial charge in [-0.15, -0.1) is 0 Å². The summed E-state index contributed by atoms with van der Waals surface area (Å²) >= 11 is 0. The maximum atomic E-state index is 11.1. The summed E-state index contributed by atoms with van der Waals surface area (Å²) in [6.07, 6.45) is 1.57. The Kier molecular flexibility index (Phi) is 3.23. The standard InChI is InChI=1S/C13H12N2O3/c1-8-4-3-5-10(12(16)17)11(8)18-13-14-7-6-9(2)15-13/h3-7H,1-2H3,(H,16,17). The molecule has 0 unspecified atom stereocenters. The smallest absolute Gasteiger partial charge is 0.339 e. The Morgan fingerprint density at radius 3 is 2.72 bits per heavy atom. The van der Waals surface area contributed by atoms with Crippen LogP contribution in [0, 0.1) is 13.8 Å². The Balaban J connectivity index is 2.42. The zero-order valence-electron chi connectivity index (χ0n) is 10.0. The Hall–Kier alpha value is -2.43. The minimum Gasteiger partial charge on any atom is -0.478 e. The molecule has 1 aromatic carbocycles. The predicted molar refractivity (Wildman–Crippen MR) is 65.0 cm³/mol. The number of para-hydroxylation sites is 1. The van der Waals surface area contributed by atoms with Crippen molar-refractivity contribution in [3.8, 4) is 11.8 Å². The molecule has 0 aliphatic heterocycles. The maximum Gasteiger partial charge on any atom is 0.339 e. The SMILES string of the molecule is Cc1ccnc(Oc2c(C)cccc2C(=O)O)n1. The van der Waals surface area contributed by atoms with E-state index in [-0.39, 0.29) is 17.3 Å². The molecule has 0 bridgehead atoms. The highest BCUT2D eigenvalue weighted by Crippen LogP contribution is 2.27. The molecular weight excluding hydrogens is 232 g/mol. The van der Waals surface area contributed by atoms with E-state index in [0.717, 1.165) is 11.3 Å². The fraction of sp³-hybridized carbons (Fsp3) is 0.154. The first-order valence-electron chi connectivity index (χ1n) is 5.38. The molecule has 2 aromatic rings. The molecular formula is C13H12N2O3. The van der Waals surface area contributed by atoms with E-state index >= 15 is 0 Å². The Labute approximate surface area is 104 Å². The number of hydrogen-bond donors (Lipinski definition) is 1. The maximum absolute atomic E-state index is 11.1. The van der Waals surface area contributed by atoms with Gasteiger partial charge in [0.05, 0.1) is 0 Å². The number of ether oxygens (including phenoxy) is 1. The lowest BCUT2D eigenvalue weighted by molar-refractivity contribution is 0.0694. The highest BCUT2D eigenvalue weighted by Gasteiger charge is 2.15. The molecule has 5 heteroatoms. The van der Waals surface area contributed by atoms with Crippen LogP contribution in [0.2, 0.25) is 0 Å². The van der Waals surface area contributed by atoms with Gasteiger partial charge in [0, 0.05) is 11.9 Å². The average Bonchev–Trinajstić information content (AvgIpc) is 2.31. The van der Waals surface area contributed by atoms with Gasteiger partial charge in [-0.2, -0.15) is 0 Å². The number of aromatic nitrogens is 2. The van der Waals surface area contributed by atoms with Crippen LogP contribution in [0.1, 0.15) is 21.6 Å². The van der Waals surface area contributed by atoms with E-state index in [0.29, 0.717) is 0 Å². The van der Waals surface area contributed by atoms with E-state index in [2.05, 4.69) is 9.97 Å². The summed E-state index contributed by atoms with van der Waals surface area (Å²) < 4.78 is 5.48. The highest BCUT2D eigenvalue weighted by molar-refractivity contribution is 5.91. The van der Waals surface area contributed by atoms with Crippen molar-refractivity contribution >= 4 is 5.97 Å². The van der Waals surface area contributed by atoms with Gasteiger partial charge in [-0.1, -0.05) is 12.1 Å². The summed E-state index contributed by atoms with van der Waals surface area (Å²) in [4.78, 5) is 19.1. The second-order valence-corrected chi connectivity index (χ2v) is 3.84. The Morgan fingerprint density at radius 2 is 2.06 bits per heavy atom. The molecule has 2 rings (SSSR count). The number of benzene rings is 1. The molecule has 92 valence electrons. The molecule has 0 saturated carbocycles. The monoisotopic (exact) mass is 244 g/mol. The first kappa shape index (κ1) is 12.0. The third-order valence-corrected chi connectivity index (χ3v) is 2.41. The first-order chi connectivity index (χ1) is 8.58. The predicted octanol–water partition coefficient (Wildman–Crippen LogP) is 2.58. The van der Waals surface area contributed by atoms with Crippen LogP contribution >= 0.6 is 0 Å². The van der Waals surface area contributed by atoms with Gasteiger partial charge in [0.15, 0.2) is 0 Å². The van der Waals surface area contributed by atoms with Crippen molar-refractivity contribution in [3.05, 3.63) is 47.3 Å². The number of nitrogens with zero attached hydrogens (tertiary/aromatic N) is 2. The van der Waals surface area contributed by atoms with Gasteiger partial charge in [0.25, 0.3) is 0 Å². The summed E-state index contributed by atoms with van der Waals surface area (Å²) in [5, 5.41) is 9.10. The number of carbonyl (C=O) groups is 1. The Bertz CT molecular complexity index is 597. The van der Waals surface area contributed by atoms with Crippen molar-refractivity contribution in [2.45, 2.75) is 13.8 Å². The quantitative estimate of drug-likeness (QED) is 0.898. The van der Waals surface area contributed by atoms with E-state index in [9.17, 15) is 4.79 Å². The van der Waals surface area contributed by atoms with Crippen LogP contribution in [-0.2, 0) is 0 Å². The van der Waals surface area contributed by atoms with Crippen LogP contribution in [0.15, 0.2) is 30.5 Å². The molecule has 0 spiro atoms. The zero-order valence-corrected chi connectivity index (χ0v) is 10.0. The van der Waals surface area contributed by atoms with Gasteiger partial charge >= 0.3 is 12.0 Å². The van der Waals surface area contributed by atoms with E-state index in [1.807, 2.05) is 6.92 Å². The molecule has 5 nitrogen and oxygen atoms in total. The van der Waals surface area contributed by atoms with Gasteiger partial charge in [-0.25, -0.2) is 14.8 Å². The number of hydrogen-bond acceptors (Lipinski definition) is 4. The van der Waals surface area contributed by atoms with Crippen molar-refractivity contribution in [2.75, 3.05) is 0 Å². The third-order valence-electron chi connectivity index (χ3n) is 2.41. The summed E-state index contributed by atoms with van der Waals surface area (Å²) in [5.41, 5.74) is 1.57. The van der Waals surface area contributed by atoms with Crippen molar-refractivity contribution in [1.29, 1.82) is 0 Å². The normalized spacial score (nSPS) is 10.1. The van der Waals surface area contributed by atoms with Crippen LogP contribution in [0.5, 0.6) is 11.8 Å². The summed E-state index contributed by atoms with van der Waals surface area (Å²) in [7, 11) is 0. The lowest BCUT2D eigenvalue weighted by atomic mass is 10.1. The van der Waals surface area contributed by atoms with Crippen LogP contribution in [0.25, 0.3) is 0 Å². The number of carboxylic acids is 1. The number of rotatable bonds is 3. The molecule has 1 N–H and O–H groups in total. The van der Waals surface area contributed by atoms with E-state index in [1.54, 1.807) is 31.3 Å². The third kappa shape index (κ3) is 2.45. The lowest BCUT2D eigenvalue weighted by Crippen LogP contribution is -2.03. The highest BCUT2D eigenvalue weighted by atomic mass is 16.5. The molecule has 0 amide bonds. The van der Waals surface area contributed by atoms with Crippen molar-refractivity contribution in [2.24, 2.45) is 0 Å². The molecule has 0 atom stereocenters. The average molecular weight is 244 g/mol. The first-order valence-corrected chi connectivity index (χ1v) is 5.38. The van der Waals surface area contributed by atoms with Crippen LogP contribution in [-0.4, -0.2) is 21.0 Å². The van der Waals surface area contributed by atoms with Crippen molar-refractivity contribution < 1.29 is 14.6 Å². The van der Waals surface area contributed by atoms with E-state index in [1.165, 1.54) is 6.07 Å².